The second kappa shape index (κ2) is 5.51. The summed E-state index contributed by atoms with van der Waals surface area (Å²) in [5.74, 6) is -0.482. The molecule has 0 saturated carbocycles. The normalized spacial score (nSPS) is 10.9. The molecule has 96 valence electrons. The lowest BCUT2D eigenvalue weighted by atomic mass is 10.3. The molecule has 2 rings (SSSR count). The van der Waals surface area contributed by atoms with Crippen LogP contribution in [0.5, 0.6) is 0 Å². The first-order chi connectivity index (χ1) is 8.58. The van der Waals surface area contributed by atoms with Crippen LogP contribution in [0.25, 0.3) is 11.0 Å². The van der Waals surface area contributed by atoms with Crippen LogP contribution >= 0.6 is 23.8 Å². The molecule has 7 heteroatoms. The van der Waals surface area contributed by atoms with Crippen molar-refractivity contribution in [1.29, 1.82) is 0 Å². The summed E-state index contributed by atoms with van der Waals surface area (Å²) in [4.78, 5) is 13.6. The number of carbonyl (C=O) groups excluding carboxylic acids is 1. The molecular formula is C11H12ClN3O2S. The summed E-state index contributed by atoms with van der Waals surface area (Å²) < 4.78 is 7.60. The molecule has 0 unspecified atom stereocenters. The van der Waals surface area contributed by atoms with Gasteiger partial charge < -0.3 is 20.0 Å². The van der Waals surface area contributed by atoms with Crippen LogP contribution < -0.4 is 5.73 Å². The number of primary amides is 1. The first-order valence-electron chi connectivity index (χ1n) is 5.32. The van der Waals surface area contributed by atoms with Crippen molar-refractivity contribution in [1.82, 2.24) is 9.55 Å². The van der Waals surface area contributed by atoms with E-state index in [-0.39, 0.29) is 6.61 Å². The van der Waals surface area contributed by atoms with E-state index in [0.717, 1.165) is 11.0 Å². The van der Waals surface area contributed by atoms with Crippen LogP contribution in [0.1, 0.15) is 0 Å². The van der Waals surface area contributed by atoms with Gasteiger partial charge in [0.2, 0.25) is 5.91 Å². The lowest BCUT2D eigenvalue weighted by molar-refractivity contribution is -0.122. The van der Waals surface area contributed by atoms with E-state index in [4.69, 9.17) is 34.3 Å². The van der Waals surface area contributed by atoms with Gasteiger partial charge in [-0.25, -0.2) is 0 Å². The number of aromatic amines is 1. The maximum Gasteiger partial charge on any atom is 0.243 e. The van der Waals surface area contributed by atoms with E-state index in [0.29, 0.717) is 22.9 Å². The molecule has 0 radical (unpaired) electrons. The lowest BCUT2D eigenvalue weighted by Gasteiger charge is -2.04. The van der Waals surface area contributed by atoms with Crippen LogP contribution in [0.3, 0.4) is 0 Å². The van der Waals surface area contributed by atoms with E-state index in [2.05, 4.69) is 4.98 Å². The highest BCUT2D eigenvalue weighted by atomic mass is 35.5. The van der Waals surface area contributed by atoms with E-state index >= 15 is 0 Å². The van der Waals surface area contributed by atoms with Gasteiger partial charge in [-0.1, -0.05) is 11.6 Å². The summed E-state index contributed by atoms with van der Waals surface area (Å²) in [5, 5.41) is 0.649. The van der Waals surface area contributed by atoms with Gasteiger partial charge in [-0.15, -0.1) is 0 Å². The minimum atomic E-state index is -0.482. The Balaban J connectivity index is 2.15. The number of H-pyrrole nitrogens is 1. The van der Waals surface area contributed by atoms with Crippen molar-refractivity contribution in [2.45, 2.75) is 6.54 Å². The number of ether oxygens (including phenoxy) is 1. The van der Waals surface area contributed by atoms with Crippen molar-refractivity contribution in [2.24, 2.45) is 5.73 Å². The average Bonchev–Trinajstić information content (AvgIpc) is 2.59. The molecule has 3 N–H and O–H groups in total. The summed E-state index contributed by atoms with van der Waals surface area (Å²) in [6.07, 6.45) is 0. The van der Waals surface area contributed by atoms with E-state index in [9.17, 15) is 4.79 Å². The second-order valence-electron chi connectivity index (χ2n) is 3.76. The number of halogens is 1. The Morgan fingerprint density at radius 1 is 1.56 bits per heavy atom. The average molecular weight is 286 g/mol. The van der Waals surface area contributed by atoms with Gasteiger partial charge in [0, 0.05) is 11.6 Å². The molecule has 0 atom stereocenters. The quantitative estimate of drug-likeness (QED) is 0.650. The van der Waals surface area contributed by atoms with Gasteiger partial charge in [-0.2, -0.15) is 0 Å². The molecule has 0 bridgehead atoms. The van der Waals surface area contributed by atoms with Crippen molar-refractivity contribution in [3.63, 3.8) is 0 Å². The van der Waals surface area contributed by atoms with Crippen LogP contribution in [0.2, 0.25) is 5.02 Å². The molecule has 1 aromatic carbocycles. The Hall–Kier alpha value is -1.37. The fourth-order valence-corrected chi connectivity index (χ4v) is 2.16. The number of benzene rings is 1. The number of amides is 1. The Labute approximate surface area is 113 Å². The van der Waals surface area contributed by atoms with E-state index in [1.807, 2.05) is 16.7 Å². The lowest BCUT2D eigenvalue weighted by Crippen LogP contribution is -2.19. The number of fused-ring (bicyclic) bond motifs is 1. The van der Waals surface area contributed by atoms with E-state index in [1.165, 1.54) is 0 Å². The fourth-order valence-electron chi connectivity index (χ4n) is 1.69. The first kappa shape index (κ1) is 13.1. The number of aromatic nitrogens is 2. The molecule has 0 aliphatic heterocycles. The summed E-state index contributed by atoms with van der Waals surface area (Å²) in [6, 6.07) is 5.50. The minimum absolute atomic E-state index is 0.0818. The summed E-state index contributed by atoms with van der Waals surface area (Å²) in [7, 11) is 0. The Kier molecular flexibility index (Phi) is 4.00. The fraction of sp³-hybridized carbons (Fsp3) is 0.273. The SMILES string of the molecule is NC(=O)COCCn1c(=S)[nH]c2cc(Cl)ccc21. The van der Waals surface area contributed by atoms with E-state index in [1.54, 1.807) is 6.07 Å². The summed E-state index contributed by atoms with van der Waals surface area (Å²) in [6.45, 7) is 0.835. The van der Waals surface area contributed by atoms with Crippen LogP contribution in [0.4, 0.5) is 0 Å². The van der Waals surface area contributed by atoms with Gasteiger partial charge in [0.15, 0.2) is 4.77 Å². The third-order valence-corrected chi connectivity index (χ3v) is 3.00. The molecule has 1 heterocycles. The molecule has 0 aliphatic carbocycles. The highest BCUT2D eigenvalue weighted by Crippen LogP contribution is 2.18. The number of nitrogens with zero attached hydrogens (tertiary/aromatic N) is 1. The topological polar surface area (TPSA) is 73.0 Å². The van der Waals surface area contributed by atoms with Gasteiger partial charge in [0.05, 0.1) is 17.6 Å². The molecule has 0 saturated heterocycles. The number of imidazole rings is 1. The second-order valence-corrected chi connectivity index (χ2v) is 4.59. The monoisotopic (exact) mass is 285 g/mol. The zero-order valence-electron chi connectivity index (χ0n) is 9.48. The predicted octanol–water partition coefficient (Wildman–Crippen LogP) is 1.85. The predicted molar refractivity (Wildman–Crippen MR) is 72.1 cm³/mol. The smallest absolute Gasteiger partial charge is 0.243 e. The zero-order chi connectivity index (χ0) is 13.1. The number of rotatable bonds is 5. The Morgan fingerprint density at radius 3 is 3.06 bits per heavy atom. The number of hydrogen-bond donors (Lipinski definition) is 2. The highest BCUT2D eigenvalue weighted by Gasteiger charge is 2.05. The maximum atomic E-state index is 10.5. The highest BCUT2D eigenvalue weighted by molar-refractivity contribution is 7.71. The molecule has 0 aliphatic rings. The van der Waals surface area contributed by atoms with E-state index < -0.39 is 5.91 Å². The van der Waals surface area contributed by atoms with Crippen LogP contribution in [0, 0.1) is 4.77 Å². The summed E-state index contributed by atoms with van der Waals surface area (Å²) in [5.41, 5.74) is 6.81. The van der Waals surface area contributed by atoms with Crippen molar-refractivity contribution < 1.29 is 9.53 Å². The molecular weight excluding hydrogens is 274 g/mol. The van der Waals surface area contributed by atoms with Gasteiger partial charge >= 0.3 is 0 Å². The molecule has 1 aromatic heterocycles. The van der Waals surface area contributed by atoms with Gasteiger partial charge in [-0.05, 0) is 30.4 Å². The standard InChI is InChI=1S/C11H12ClN3O2S/c12-7-1-2-9-8(5-7)14-11(18)15(9)3-4-17-6-10(13)16/h1-2,5H,3-4,6H2,(H2,13,16)(H,14,18). The molecule has 5 nitrogen and oxygen atoms in total. The van der Waals surface area contributed by atoms with Crippen molar-refractivity contribution in [3.8, 4) is 0 Å². The molecule has 1 amide bonds. The largest absolute Gasteiger partial charge is 0.370 e. The van der Waals surface area contributed by atoms with Crippen molar-refractivity contribution in [2.75, 3.05) is 13.2 Å². The van der Waals surface area contributed by atoms with Crippen molar-refractivity contribution in [3.05, 3.63) is 28.0 Å². The van der Waals surface area contributed by atoms with Crippen LogP contribution in [-0.4, -0.2) is 28.7 Å². The van der Waals surface area contributed by atoms with Crippen LogP contribution in [0.15, 0.2) is 18.2 Å². The molecule has 2 aromatic rings. The Morgan fingerprint density at radius 2 is 2.33 bits per heavy atom. The number of hydrogen-bond acceptors (Lipinski definition) is 3. The van der Waals surface area contributed by atoms with Crippen LogP contribution in [-0.2, 0) is 16.1 Å². The third kappa shape index (κ3) is 2.90. The van der Waals surface area contributed by atoms with Gasteiger partial charge in [-0.3, -0.25) is 4.79 Å². The molecule has 0 spiro atoms. The molecule has 18 heavy (non-hydrogen) atoms. The maximum absolute atomic E-state index is 10.5. The zero-order valence-corrected chi connectivity index (χ0v) is 11.1. The first-order valence-corrected chi connectivity index (χ1v) is 6.10. The molecule has 0 fully saturated rings. The number of carbonyl (C=O) groups is 1. The van der Waals surface area contributed by atoms with Gasteiger partial charge in [0.25, 0.3) is 0 Å². The summed E-state index contributed by atoms with van der Waals surface area (Å²) >= 11 is 11.1. The van der Waals surface area contributed by atoms with Gasteiger partial charge in [0.1, 0.15) is 6.61 Å². The third-order valence-electron chi connectivity index (χ3n) is 2.44. The van der Waals surface area contributed by atoms with Crippen molar-refractivity contribution >= 4 is 40.8 Å². The number of nitrogens with two attached hydrogens (primary N) is 1. The Bertz CT molecular complexity index is 635. The minimum Gasteiger partial charge on any atom is -0.370 e. The number of nitrogens with one attached hydrogen (secondary N) is 1.